The molecule has 4 N–H and O–H groups in total. The summed E-state index contributed by atoms with van der Waals surface area (Å²) in [4.78, 5) is 0. The quantitative estimate of drug-likeness (QED) is 0.424. The third-order valence-electron chi connectivity index (χ3n) is 2.32. The van der Waals surface area contributed by atoms with Crippen LogP contribution >= 0.6 is 0 Å². The van der Waals surface area contributed by atoms with Crippen LogP contribution in [0.1, 0.15) is 6.42 Å². The second-order valence-corrected chi connectivity index (χ2v) is 3.35. The Balaban J connectivity index is 1.86. The third kappa shape index (κ3) is 1.97. The van der Waals surface area contributed by atoms with E-state index in [1.807, 2.05) is 19.2 Å². The fourth-order valence-electron chi connectivity index (χ4n) is 1.63. The number of hydrazine groups is 1. The van der Waals surface area contributed by atoms with Gasteiger partial charge in [0.2, 0.25) is 0 Å². The lowest BCUT2D eigenvalue weighted by Gasteiger charge is -2.12. The molecule has 1 heterocycles. The van der Waals surface area contributed by atoms with Gasteiger partial charge in [-0.1, -0.05) is 12.1 Å². The summed E-state index contributed by atoms with van der Waals surface area (Å²) in [5, 5.41) is 6.83. The highest BCUT2D eigenvalue weighted by Crippen LogP contribution is 2.28. The highest BCUT2D eigenvalue weighted by Gasteiger charge is 2.17. The molecular weight excluding hydrogens is 176 g/mol. The predicted molar refractivity (Wildman–Crippen MR) is 59.2 cm³/mol. The molecule has 14 heavy (non-hydrogen) atoms. The van der Waals surface area contributed by atoms with Gasteiger partial charge in [-0.2, -0.15) is 0 Å². The van der Waals surface area contributed by atoms with E-state index in [0.717, 1.165) is 13.0 Å². The van der Waals surface area contributed by atoms with Crippen LogP contribution in [0.3, 0.4) is 0 Å². The monoisotopic (exact) mass is 192 g/mol. The summed E-state index contributed by atoms with van der Waals surface area (Å²) < 4.78 is 0. The van der Waals surface area contributed by atoms with Gasteiger partial charge >= 0.3 is 0 Å². The van der Waals surface area contributed by atoms with Crippen LogP contribution < -0.4 is 21.5 Å². The van der Waals surface area contributed by atoms with E-state index in [-0.39, 0.29) is 0 Å². The largest absolute Gasteiger partial charge is 0.364 e. The number of hydrogen-bond acceptors (Lipinski definition) is 4. The van der Waals surface area contributed by atoms with Crippen LogP contribution in [-0.2, 0) is 0 Å². The Labute approximate surface area is 84.1 Å². The number of anilines is 2. The summed E-state index contributed by atoms with van der Waals surface area (Å²) >= 11 is 0. The van der Waals surface area contributed by atoms with Crippen molar-refractivity contribution in [2.75, 3.05) is 24.2 Å². The maximum atomic E-state index is 3.41. The maximum Gasteiger partial charge on any atom is 0.0977 e. The molecular formula is C10H16N4. The first-order valence-corrected chi connectivity index (χ1v) is 4.92. The van der Waals surface area contributed by atoms with Gasteiger partial charge in [-0.05, 0) is 25.6 Å². The number of rotatable bonds is 4. The van der Waals surface area contributed by atoms with Crippen molar-refractivity contribution in [3.8, 4) is 0 Å². The molecule has 0 atom stereocenters. The standard InChI is InChI=1S/C10H16N4/c1-11-12-7-6-10-13-8-4-2-3-5-9(8)14-10/h2-5,10-14H,6-7H2,1H3. The molecule has 0 aliphatic carbocycles. The third-order valence-corrected chi connectivity index (χ3v) is 2.32. The molecule has 4 nitrogen and oxygen atoms in total. The second-order valence-electron chi connectivity index (χ2n) is 3.35. The van der Waals surface area contributed by atoms with Crippen LogP contribution in [0.4, 0.5) is 11.4 Å². The Hall–Kier alpha value is -1.26. The van der Waals surface area contributed by atoms with Gasteiger partial charge in [0.25, 0.3) is 0 Å². The fraction of sp³-hybridized carbons (Fsp3) is 0.400. The summed E-state index contributed by atoms with van der Waals surface area (Å²) in [6.45, 7) is 0.940. The van der Waals surface area contributed by atoms with Gasteiger partial charge in [-0.15, -0.1) is 0 Å². The molecule has 0 saturated carbocycles. The van der Waals surface area contributed by atoms with Crippen molar-refractivity contribution in [3.63, 3.8) is 0 Å². The number of fused-ring (bicyclic) bond motifs is 1. The molecule has 1 aromatic carbocycles. The summed E-state index contributed by atoms with van der Waals surface area (Å²) in [6, 6.07) is 8.27. The lowest BCUT2D eigenvalue weighted by molar-refractivity contribution is 0.559. The van der Waals surface area contributed by atoms with Gasteiger partial charge in [-0.25, -0.2) is 0 Å². The molecule has 4 heteroatoms. The molecule has 0 spiro atoms. The topological polar surface area (TPSA) is 48.1 Å². The molecule has 76 valence electrons. The first-order valence-electron chi connectivity index (χ1n) is 4.92. The highest BCUT2D eigenvalue weighted by atomic mass is 15.3. The van der Waals surface area contributed by atoms with Crippen LogP contribution in [0.2, 0.25) is 0 Å². The van der Waals surface area contributed by atoms with Crippen LogP contribution in [0.25, 0.3) is 0 Å². The van der Waals surface area contributed by atoms with Gasteiger partial charge in [0, 0.05) is 6.54 Å². The summed E-state index contributed by atoms with van der Waals surface area (Å²) in [6.07, 6.45) is 1.38. The van der Waals surface area contributed by atoms with Gasteiger partial charge in [0.15, 0.2) is 0 Å². The maximum absolute atomic E-state index is 3.41. The smallest absolute Gasteiger partial charge is 0.0977 e. The van der Waals surface area contributed by atoms with E-state index >= 15 is 0 Å². The normalized spacial score (nSPS) is 14.6. The lowest BCUT2D eigenvalue weighted by Crippen LogP contribution is -2.33. The van der Waals surface area contributed by atoms with E-state index in [1.54, 1.807) is 0 Å². The number of nitrogens with one attached hydrogen (secondary N) is 4. The van der Waals surface area contributed by atoms with Crippen LogP contribution in [0.5, 0.6) is 0 Å². The van der Waals surface area contributed by atoms with Crippen molar-refractivity contribution in [2.45, 2.75) is 12.6 Å². The number of benzene rings is 1. The van der Waals surface area contributed by atoms with Gasteiger partial charge in [-0.3, -0.25) is 10.9 Å². The van der Waals surface area contributed by atoms with Gasteiger partial charge < -0.3 is 10.6 Å². The SMILES string of the molecule is CNNCCC1Nc2ccccc2N1. The minimum atomic E-state index is 0.341. The summed E-state index contributed by atoms with van der Waals surface area (Å²) in [5.74, 6) is 0. The Kier molecular flexibility index (Phi) is 2.86. The highest BCUT2D eigenvalue weighted by molar-refractivity contribution is 5.74. The van der Waals surface area contributed by atoms with Crippen molar-refractivity contribution in [2.24, 2.45) is 0 Å². The fourth-order valence-corrected chi connectivity index (χ4v) is 1.63. The molecule has 0 saturated heterocycles. The molecule has 0 fully saturated rings. The van der Waals surface area contributed by atoms with Crippen molar-refractivity contribution in [1.29, 1.82) is 0 Å². The zero-order valence-electron chi connectivity index (χ0n) is 8.30. The molecule has 2 rings (SSSR count). The van der Waals surface area contributed by atoms with Crippen LogP contribution in [-0.4, -0.2) is 19.8 Å². The van der Waals surface area contributed by atoms with E-state index in [0.29, 0.717) is 6.17 Å². The predicted octanol–water partition coefficient (Wildman–Crippen LogP) is 0.964. The lowest BCUT2D eigenvalue weighted by atomic mass is 10.3. The molecule has 0 amide bonds. The second kappa shape index (κ2) is 4.30. The molecule has 0 radical (unpaired) electrons. The molecule has 1 aliphatic heterocycles. The van der Waals surface area contributed by atoms with Gasteiger partial charge in [0.1, 0.15) is 0 Å². The minimum absolute atomic E-state index is 0.341. The average molecular weight is 192 g/mol. The zero-order valence-corrected chi connectivity index (χ0v) is 8.30. The van der Waals surface area contributed by atoms with E-state index in [1.165, 1.54) is 11.4 Å². The molecule has 1 aromatic rings. The average Bonchev–Trinajstić information content (AvgIpc) is 2.60. The van der Waals surface area contributed by atoms with Gasteiger partial charge in [0.05, 0.1) is 17.5 Å². The van der Waals surface area contributed by atoms with Crippen molar-refractivity contribution >= 4 is 11.4 Å². The Bertz CT molecular complexity index is 275. The summed E-state index contributed by atoms with van der Waals surface area (Å²) in [5.41, 5.74) is 8.37. The number of hydrogen-bond donors (Lipinski definition) is 4. The van der Waals surface area contributed by atoms with E-state index in [2.05, 4.69) is 33.6 Å². The van der Waals surface area contributed by atoms with E-state index in [9.17, 15) is 0 Å². The van der Waals surface area contributed by atoms with Crippen LogP contribution in [0, 0.1) is 0 Å². The van der Waals surface area contributed by atoms with Crippen molar-refractivity contribution in [3.05, 3.63) is 24.3 Å². The minimum Gasteiger partial charge on any atom is -0.364 e. The Morgan fingerprint density at radius 3 is 2.43 bits per heavy atom. The summed E-state index contributed by atoms with van der Waals surface area (Å²) in [7, 11) is 1.88. The van der Waals surface area contributed by atoms with Crippen LogP contribution in [0.15, 0.2) is 24.3 Å². The molecule has 0 unspecified atom stereocenters. The van der Waals surface area contributed by atoms with E-state index in [4.69, 9.17) is 0 Å². The molecule has 0 aromatic heterocycles. The van der Waals surface area contributed by atoms with E-state index < -0.39 is 0 Å². The molecule has 0 bridgehead atoms. The Morgan fingerprint density at radius 1 is 1.21 bits per heavy atom. The Morgan fingerprint density at radius 2 is 1.86 bits per heavy atom. The first-order chi connectivity index (χ1) is 6.90. The van der Waals surface area contributed by atoms with Crippen molar-refractivity contribution < 1.29 is 0 Å². The zero-order chi connectivity index (χ0) is 9.80. The first kappa shape index (κ1) is 9.30. The number of para-hydroxylation sites is 2. The van der Waals surface area contributed by atoms with Crippen molar-refractivity contribution in [1.82, 2.24) is 10.9 Å². The molecule has 1 aliphatic rings.